The third kappa shape index (κ3) is 4.86. The standard InChI is InChI=1S/C28H29N5O2/c1-18-26-28(35)31-25(17-21-13-14-24-22(16-21)11-7-15-29-24)32-33(26)27(30-18)23(19(2)34)12-6-10-20-8-4-3-5-9-20/h3-5,7-9,11,13-16,19,23,34H,6,10,12,17H2,1-2H3,(H,31,32,35). The number of aliphatic hydroxyl groups is 1. The Balaban J connectivity index is 1.46. The van der Waals surface area contributed by atoms with E-state index in [1.54, 1.807) is 17.6 Å². The van der Waals surface area contributed by atoms with Crippen LogP contribution in [0.3, 0.4) is 0 Å². The van der Waals surface area contributed by atoms with Crippen LogP contribution in [0.5, 0.6) is 0 Å². The zero-order chi connectivity index (χ0) is 24.4. The van der Waals surface area contributed by atoms with Crippen molar-refractivity contribution in [3.63, 3.8) is 0 Å². The van der Waals surface area contributed by atoms with Crippen LogP contribution in [0, 0.1) is 6.92 Å². The zero-order valence-corrected chi connectivity index (χ0v) is 20.0. The Labute approximate surface area is 203 Å². The van der Waals surface area contributed by atoms with Crippen molar-refractivity contribution >= 4 is 16.4 Å². The van der Waals surface area contributed by atoms with Gasteiger partial charge in [-0.1, -0.05) is 42.5 Å². The van der Waals surface area contributed by atoms with Crippen LogP contribution in [0.4, 0.5) is 0 Å². The largest absolute Gasteiger partial charge is 0.393 e. The van der Waals surface area contributed by atoms with Gasteiger partial charge in [0.05, 0.1) is 17.3 Å². The number of rotatable bonds is 8. The molecule has 2 aromatic carbocycles. The van der Waals surface area contributed by atoms with Gasteiger partial charge in [-0.25, -0.2) is 9.50 Å². The number of aromatic amines is 1. The SMILES string of the molecule is Cc1nc(C(CCCc2ccccc2)C(C)O)n2nc(Cc3ccc4ncccc4c3)[nH]c(=O)c12. The molecular formula is C28H29N5O2. The molecule has 7 nitrogen and oxygen atoms in total. The lowest BCUT2D eigenvalue weighted by molar-refractivity contribution is 0.151. The number of H-pyrrole nitrogens is 1. The number of aromatic nitrogens is 5. The summed E-state index contributed by atoms with van der Waals surface area (Å²) in [5.74, 6) is 0.961. The van der Waals surface area contributed by atoms with Crippen LogP contribution in [-0.2, 0) is 12.8 Å². The van der Waals surface area contributed by atoms with Crippen LogP contribution in [0.15, 0.2) is 71.7 Å². The second-order valence-electron chi connectivity index (χ2n) is 9.15. The fourth-order valence-corrected chi connectivity index (χ4v) is 4.74. The Kier molecular flexibility index (Phi) is 6.42. The van der Waals surface area contributed by atoms with Gasteiger partial charge in [0.2, 0.25) is 0 Å². The van der Waals surface area contributed by atoms with Gasteiger partial charge in [0.1, 0.15) is 11.6 Å². The van der Waals surface area contributed by atoms with Crippen molar-refractivity contribution in [2.75, 3.05) is 0 Å². The molecule has 0 amide bonds. The minimum absolute atomic E-state index is 0.220. The van der Waals surface area contributed by atoms with Crippen LogP contribution >= 0.6 is 0 Å². The molecule has 5 rings (SSSR count). The van der Waals surface area contributed by atoms with Crippen molar-refractivity contribution in [2.24, 2.45) is 0 Å². The van der Waals surface area contributed by atoms with E-state index in [9.17, 15) is 9.90 Å². The highest BCUT2D eigenvalue weighted by atomic mass is 16.3. The van der Waals surface area contributed by atoms with Gasteiger partial charge in [-0.2, -0.15) is 5.10 Å². The molecule has 0 aliphatic carbocycles. The molecule has 178 valence electrons. The van der Waals surface area contributed by atoms with Crippen molar-refractivity contribution in [3.8, 4) is 0 Å². The number of aliphatic hydroxyl groups excluding tert-OH is 1. The van der Waals surface area contributed by atoms with Gasteiger partial charge < -0.3 is 10.1 Å². The average Bonchev–Trinajstić information content (AvgIpc) is 3.18. The highest BCUT2D eigenvalue weighted by Crippen LogP contribution is 2.26. The van der Waals surface area contributed by atoms with Crippen LogP contribution < -0.4 is 5.56 Å². The third-order valence-corrected chi connectivity index (χ3v) is 6.52. The Morgan fingerprint density at radius 1 is 1.06 bits per heavy atom. The highest BCUT2D eigenvalue weighted by Gasteiger charge is 2.25. The van der Waals surface area contributed by atoms with Gasteiger partial charge in [0, 0.05) is 23.9 Å². The Morgan fingerprint density at radius 2 is 1.89 bits per heavy atom. The number of hydrogen-bond donors (Lipinski definition) is 2. The van der Waals surface area contributed by atoms with E-state index in [0.717, 1.165) is 35.7 Å². The summed E-state index contributed by atoms with van der Waals surface area (Å²) in [6.07, 6.45) is 4.19. The topological polar surface area (TPSA) is 96.2 Å². The minimum atomic E-state index is -0.617. The zero-order valence-electron chi connectivity index (χ0n) is 20.0. The van der Waals surface area contributed by atoms with E-state index in [-0.39, 0.29) is 11.5 Å². The van der Waals surface area contributed by atoms with Crippen molar-refractivity contribution in [1.82, 2.24) is 24.6 Å². The van der Waals surface area contributed by atoms with E-state index in [4.69, 9.17) is 10.1 Å². The van der Waals surface area contributed by atoms with E-state index in [0.29, 0.717) is 29.3 Å². The summed E-state index contributed by atoms with van der Waals surface area (Å²) in [7, 11) is 0. The van der Waals surface area contributed by atoms with E-state index < -0.39 is 6.10 Å². The summed E-state index contributed by atoms with van der Waals surface area (Å²) < 4.78 is 1.64. The normalized spacial score (nSPS) is 13.3. The number of nitrogens with zero attached hydrogens (tertiary/aromatic N) is 4. The molecule has 3 heterocycles. The van der Waals surface area contributed by atoms with Gasteiger partial charge in [-0.3, -0.25) is 9.78 Å². The molecule has 0 saturated carbocycles. The highest BCUT2D eigenvalue weighted by molar-refractivity contribution is 5.78. The molecular weight excluding hydrogens is 438 g/mol. The van der Waals surface area contributed by atoms with Gasteiger partial charge >= 0.3 is 0 Å². The van der Waals surface area contributed by atoms with Gasteiger partial charge in [-0.05, 0) is 62.4 Å². The van der Waals surface area contributed by atoms with E-state index in [1.165, 1.54) is 5.56 Å². The van der Waals surface area contributed by atoms with Crippen molar-refractivity contribution in [2.45, 2.75) is 51.6 Å². The minimum Gasteiger partial charge on any atom is -0.393 e. The van der Waals surface area contributed by atoms with Crippen LogP contribution in [0.2, 0.25) is 0 Å². The van der Waals surface area contributed by atoms with Gasteiger partial charge in [0.25, 0.3) is 5.56 Å². The first kappa shape index (κ1) is 22.9. The van der Waals surface area contributed by atoms with Crippen LogP contribution in [0.25, 0.3) is 16.4 Å². The summed E-state index contributed by atoms with van der Waals surface area (Å²) in [6.45, 7) is 3.59. The molecule has 3 aromatic heterocycles. The Hall–Kier alpha value is -3.84. The fraction of sp³-hybridized carbons (Fsp3) is 0.286. The molecule has 0 saturated heterocycles. The monoisotopic (exact) mass is 467 g/mol. The lowest BCUT2D eigenvalue weighted by Crippen LogP contribution is -2.22. The van der Waals surface area contributed by atoms with E-state index in [1.807, 2.05) is 49.4 Å². The van der Waals surface area contributed by atoms with Crippen molar-refractivity contribution in [1.29, 1.82) is 0 Å². The Morgan fingerprint density at radius 3 is 2.69 bits per heavy atom. The lowest BCUT2D eigenvalue weighted by Gasteiger charge is -2.18. The number of hydrogen-bond acceptors (Lipinski definition) is 5. The number of fused-ring (bicyclic) bond motifs is 2. The molecule has 2 N–H and O–H groups in total. The second kappa shape index (κ2) is 9.80. The van der Waals surface area contributed by atoms with Gasteiger partial charge in [-0.15, -0.1) is 0 Å². The van der Waals surface area contributed by atoms with Crippen LogP contribution in [-0.4, -0.2) is 35.8 Å². The van der Waals surface area contributed by atoms with Crippen molar-refractivity contribution < 1.29 is 5.11 Å². The molecule has 2 unspecified atom stereocenters. The number of imidazole rings is 1. The summed E-state index contributed by atoms with van der Waals surface area (Å²) >= 11 is 0. The Bertz CT molecular complexity index is 1520. The molecule has 0 aliphatic heterocycles. The second-order valence-corrected chi connectivity index (χ2v) is 9.15. The molecule has 5 aromatic rings. The maximum Gasteiger partial charge on any atom is 0.277 e. The maximum atomic E-state index is 13.0. The summed E-state index contributed by atoms with van der Waals surface area (Å²) in [4.78, 5) is 25.0. The molecule has 0 bridgehead atoms. The quantitative estimate of drug-likeness (QED) is 0.354. The molecule has 0 spiro atoms. The molecule has 0 aliphatic rings. The molecule has 35 heavy (non-hydrogen) atoms. The first-order valence-electron chi connectivity index (χ1n) is 12.0. The molecule has 2 atom stereocenters. The average molecular weight is 468 g/mol. The lowest BCUT2D eigenvalue weighted by atomic mass is 9.94. The number of aryl methyl sites for hydroxylation is 2. The predicted molar refractivity (Wildman–Crippen MR) is 137 cm³/mol. The fourth-order valence-electron chi connectivity index (χ4n) is 4.74. The molecule has 7 heteroatoms. The first-order chi connectivity index (χ1) is 17.0. The van der Waals surface area contributed by atoms with Crippen LogP contribution in [0.1, 0.15) is 54.2 Å². The number of pyridine rings is 1. The smallest absolute Gasteiger partial charge is 0.277 e. The third-order valence-electron chi connectivity index (χ3n) is 6.52. The first-order valence-corrected chi connectivity index (χ1v) is 12.0. The summed E-state index contributed by atoms with van der Waals surface area (Å²) in [5, 5.41) is 16.4. The number of benzene rings is 2. The van der Waals surface area contributed by atoms with Gasteiger partial charge in [0.15, 0.2) is 5.52 Å². The predicted octanol–water partition coefficient (Wildman–Crippen LogP) is 4.35. The van der Waals surface area contributed by atoms with E-state index in [2.05, 4.69) is 28.2 Å². The summed E-state index contributed by atoms with van der Waals surface area (Å²) in [5.41, 5.74) is 4.05. The summed E-state index contributed by atoms with van der Waals surface area (Å²) in [6, 6.07) is 20.3. The maximum absolute atomic E-state index is 13.0. The molecule has 0 fully saturated rings. The molecule has 0 radical (unpaired) electrons. The van der Waals surface area contributed by atoms with E-state index >= 15 is 0 Å². The van der Waals surface area contributed by atoms with Crippen molar-refractivity contribution in [3.05, 3.63) is 106 Å². The number of nitrogens with one attached hydrogen (secondary N) is 1.